The molecule has 1 N–H and O–H groups in total. The van der Waals surface area contributed by atoms with Crippen LogP contribution in [-0.4, -0.2) is 16.7 Å². The van der Waals surface area contributed by atoms with Gasteiger partial charge in [0.2, 0.25) is 0 Å². The lowest BCUT2D eigenvalue weighted by molar-refractivity contribution is -0.384. The first kappa shape index (κ1) is 16.6. The first-order valence-electron chi connectivity index (χ1n) is 6.94. The van der Waals surface area contributed by atoms with E-state index < -0.39 is 22.6 Å². The van der Waals surface area contributed by atoms with Crippen molar-refractivity contribution in [2.24, 2.45) is 0 Å². The fraction of sp³-hybridized carbons (Fsp3) is 0. The second kappa shape index (κ2) is 6.33. The number of carbonyl (C=O) groups is 2. The van der Waals surface area contributed by atoms with E-state index in [0.29, 0.717) is 0 Å². The highest BCUT2D eigenvalue weighted by Crippen LogP contribution is 2.31. The molecule has 0 saturated carbocycles. The zero-order valence-corrected chi connectivity index (χ0v) is 13.2. The molecule has 3 rings (SSSR count). The number of hydrogen-bond acceptors (Lipinski definition) is 5. The molecule has 0 spiro atoms. The second-order valence-electron chi connectivity index (χ2n) is 5.05. The lowest BCUT2D eigenvalue weighted by Crippen LogP contribution is -2.32. The summed E-state index contributed by atoms with van der Waals surface area (Å²) in [6, 6.07) is 10.3. The number of halogens is 2. The van der Waals surface area contributed by atoms with Crippen LogP contribution in [0.2, 0.25) is 0 Å². The van der Waals surface area contributed by atoms with Crippen LogP contribution in [0.15, 0.2) is 59.3 Å². The molecule has 0 atom stereocenters. The number of nitrogens with zero attached hydrogens (tertiary/aromatic N) is 2. The van der Waals surface area contributed by atoms with Gasteiger partial charge in [0, 0.05) is 17.8 Å². The van der Waals surface area contributed by atoms with Gasteiger partial charge in [-0.2, -0.15) is 0 Å². The number of carbonyl (C=O) groups excluding carboxylic acids is 2. The number of anilines is 2. The number of nitro groups is 1. The number of nitrogens with one attached hydrogen (secondary N) is 1. The van der Waals surface area contributed by atoms with E-state index in [1.807, 2.05) is 0 Å². The molecule has 0 radical (unpaired) electrons. The number of non-ortho nitro benzene ring substituents is 1. The molecule has 0 bridgehead atoms. The maximum atomic E-state index is 13.3. The van der Waals surface area contributed by atoms with Gasteiger partial charge in [-0.1, -0.05) is 23.7 Å². The predicted octanol–water partition coefficient (Wildman–Crippen LogP) is 3.17. The molecule has 2 aromatic carbocycles. The molecular formula is C16H9ClFN3O4. The molecular weight excluding hydrogens is 353 g/mol. The van der Waals surface area contributed by atoms with E-state index in [0.717, 1.165) is 17.0 Å². The van der Waals surface area contributed by atoms with Crippen molar-refractivity contribution in [3.8, 4) is 0 Å². The minimum atomic E-state index is -0.828. The van der Waals surface area contributed by atoms with Crippen LogP contribution in [0.1, 0.15) is 0 Å². The molecule has 126 valence electrons. The van der Waals surface area contributed by atoms with Gasteiger partial charge in [-0.05, 0) is 24.3 Å². The average molecular weight is 362 g/mol. The van der Waals surface area contributed by atoms with Gasteiger partial charge in [0.25, 0.3) is 17.5 Å². The van der Waals surface area contributed by atoms with Gasteiger partial charge in [0.15, 0.2) is 0 Å². The summed E-state index contributed by atoms with van der Waals surface area (Å²) in [5, 5.41) is 13.1. The molecule has 1 aliphatic rings. The standard InChI is InChI=1S/C16H9ClFN3O4/c17-13-14(19-10-4-1-3-9(18)7-10)16(23)20(15(13)22)11-5-2-6-12(8-11)21(24)25/h1-8,19H. The molecule has 0 unspecified atom stereocenters. The van der Waals surface area contributed by atoms with E-state index in [4.69, 9.17) is 11.6 Å². The fourth-order valence-electron chi connectivity index (χ4n) is 2.30. The van der Waals surface area contributed by atoms with Gasteiger partial charge in [-0.3, -0.25) is 19.7 Å². The van der Waals surface area contributed by atoms with Crippen LogP contribution in [0.4, 0.5) is 21.5 Å². The van der Waals surface area contributed by atoms with Crippen molar-refractivity contribution >= 4 is 40.5 Å². The van der Waals surface area contributed by atoms with Gasteiger partial charge in [-0.15, -0.1) is 0 Å². The summed E-state index contributed by atoms with van der Waals surface area (Å²) in [5.41, 5.74) is -0.266. The fourth-order valence-corrected chi connectivity index (χ4v) is 2.51. The highest BCUT2D eigenvalue weighted by atomic mass is 35.5. The van der Waals surface area contributed by atoms with E-state index in [1.165, 1.54) is 36.4 Å². The van der Waals surface area contributed by atoms with Gasteiger partial charge in [-0.25, -0.2) is 9.29 Å². The Morgan fingerprint density at radius 1 is 1.08 bits per heavy atom. The molecule has 0 saturated heterocycles. The molecule has 1 heterocycles. The summed E-state index contributed by atoms with van der Waals surface area (Å²) >= 11 is 5.94. The van der Waals surface area contributed by atoms with Crippen LogP contribution in [0, 0.1) is 15.9 Å². The molecule has 9 heteroatoms. The Balaban J connectivity index is 1.94. The summed E-state index contributed by atoms with van der Waals surface area (Å²) in [7, 11) is 0. The van der Waals surface area contributed by atoms with Crippen LogP contribution >= 0.6 is 11.6 Å². The van der Waals surface area contributed by atoms with Gasteiger partial charge in [0.05, 0.1) is 10.6 Å². The second-order valence-corrected chi connectivity index (χ2v) is 5.42. The van der Waals surface area contributed by atoms with Crippen molar-refractivity contribution in [2.45, 2.75) is 0 Å². The molecule has 0 fully saturated rings. The van der Waals surface area contributed by atoms with Crippen LogP contribution < -0.4 is 10.2 Å². The zero-order chi connectivity index (χ0) is 18.1. The number of benzene rings is 2. The van der Waals surface area contributed by atoms with Crippen molar-refractivity contribution in [3.05, 3.63) is 75.2 Å². The van der Waals surface area contributed by atoms with Crippen molar-refractivity contribution in [1.29, 1.82) is 0 Å². The first-order valence-corrected chi connectivity index (χ1v) is 7.32. The van der Waals surface area contributed by atoms with Crippen LogP contribution in [0.5, 0.6) is 0 Å². The SMILES string of the molecule is O=C1C(Cl)=C(Nc2cccc(F)c2)C(=O)N1c1cccc([N+](=O)[O-])c1. The van der Waals surface area contributed by atoms with Crippen LogP contribution in [0.25, 0.3) is 0 Å². The Morgan fingerprint density at radius 3 is 2.48 bits per heavy atom. The van der Waals surface area contributed by atoms with Crippen molar-refractivity contribution < 1.29 is 18.9 Å². The maximum absolute atomic E-state index is 13.3. The van der Waals surface area contributed by atoms with E-state index in [9.17, 15) is 24.1 Å². The predicted molar refractivity (Wildman–Crippen MR) is 88.5 cm³/mol. The molecule has 25 heavy (non-hydrogen) atoms. The Hall–Kier alpha value is -3.26. The van der Waals surface area contributed by atoms with E-state index >= 15 is 0 Å². The Bertz CT molecular complexity index is 944. The summed E-state index contributed by atoms with van der Waals surface area (Å²) in [6.45, 7) is 0. The Morgan fingerprint density at radius 2 is 1.80 bits per heavy atom. The van der Waals surface area contributed by atoms with Crippen LogP contribution in [0.3, 0.4) is 0 Å². The molecule has 1 aliphatic heterocycles. The topological polar surface area (TPSA) is 92.6 Å². The monoisotopic (exact) mass is 361 g/mol. The van der Waals surface area contributed by atoms with Gasteiger partial charge >= 0.3 is 0 Å². The smallest absolute Gasteiger partial charge is 0.283 e. The minimum absolute atomic E-state index is 0.0124. The summed E-state index contributed by atoms with van der Waals surface area (Å²) in [6.07, 6.45) is 0. The number of nitro benzene ring substituents is 1. The van der Waals surface area contributed by atoms with E-state index in [1.54, 1.807) is 0 Å². The lowest BCUT2D eigenvalue weighted by Gasteiger charge is -2.14. The van der Waals surface area contributed by atoms with Crippen LogP contribution in [-0.2, 0) is 9.59 Å². The van der Waals surface area contributed by atoms with Gasteiger partial charge in [0.1, 0.15) is 16.5 Å². The lowest BCUT2D eigenvalue weighted by atomic mass is 10.2. The largest absolute Gasteiger partial charge is 0.350 e. The molecule has 0 aliphatic carbocycles. The number of hydrogen-bond donors (Lipinski definition) is 1. The Kier molecular flexibility index (Phi) is 4.20. The molecule has 7 nitrogen and oxygen atoms in total. The molecule has 0 aromatic heterocycles. The van der Waals surface area contributed by atoms with Crippen molar-refractivity contribution in [2.75, 3.05) is 10.2 Å². The summed E-state index contributed by atoms with van der Waals surface area (Å²) < 4.78 is 13.3. The normalized spacial score (nSPS) is 14.2. The third-order valence-corrected chi connectivity index (χ3v) is 3.77. The molecule has 2 aromatic rings. The summed E-state index contributed by atoms with van der Waals surface area (Å²) in [5.74, 6) is -2.15. The van der Waals surface area contributed by atoms with Gasteiger partial charge < -0.3 is 5.32 Å². The van der Waals surface area contributed by atoms with Crippen molar-refractivity contribution in [1.82, 2.24) is 0 Å². The first-order chi connectivity index (χ1) is 11.9. The average Bonchev–Trinajstić information content (AvgIpc) is 2.79. The minimum Gasteiger partial charge on any atom is -0.350 e. The third-order valence-electron chi connectivity index (χ3n) is 3.42. The number of rotatable bonds is 4. The van der Waals surface area contributed by atoms with Crippen molar-refractivity contribution in [3.63, 3.8) is 0 Å². The quantitative estimate of drug-likeness (QED) is 0.513. The highest BCUT2D eigenvalue weighted by molar-refractivity contribution is 6.53. The zero-order valence-electron chi connectivity index (χ0n) is 12.4. The third kappa shape index (κ3) is 3.07. The Labute approximate surface area is 145 Å². The molecule has 2 amide bonds. The number of amides is 2. The van der Waals surface area contributed by atoms with E-state index in [2.05, 4.69) is 5.32 Å². The maximum Gasteiger partial charge on any atom is 0.283 e. The highest BCUT2D eigenvalue weighted by Gasteiger charge is 2.39. The van der Waals surface area contributed by atoms with E-state index in [-0.39, 0.29) is 27.8 Å². The number of imide groups is 1. The summed E-state index contributed by atoms with van der Waals surface area (Å²) in [4.78, 5) is 35.8.